The highest BCUT2D eigenvalue weighted by atomic mass is 28.3. The molecule has 1 amide bonds. The van der Waals surface area contributed by atoms with Gasteiger partial charge in [-0.1, -0.05) is 19.6 Å². The van der Waals surface area contributed by atoms with Crippen LogP contribution in [-0.4, -0.2) is 67.0 Å². The van der Waals surface area contributed by atoms with E-state index in [4.69, 9.17) is 9.47 Å². The number of imidazole rings is 1. The van der Waals surface area contributed by atoms with Crippen molar-refractivity contribution in [3.05, 3.63) is 24.5 Å². The Balaban J connectivity index is 1.60. The van der Waals surface area contributed by atoms with Crippen molar-refractivity contribution in [2.75, 3.05) is 37.7 Å². The van der Waals surface area contributed by atoms with Gasteiger partial charge in [-0.2, -0.15) is 0 Å². The van der Waals surface area contributed by atoms with Crippen LogP contribution in [0.3, 0.4) is 0 Å². The molecule has 3 rings (SSSR count). The van der Waals surface area contributed by atoms with Gasteiger partial charge in [0, 0.05) is 46.5 Å². The van der Waals surface area contributed by atoms with E-state index >= 15 is 0 Å². The monoisotopic (exact) mass is 432 g/mol. The Kier molecular flexibility index (Phi) is 6.77. The van der Waals surface area contributed by atoms with Crippen LogP contribution in [0.25, 0.3) is 11.0 Å². The third kappa shape index (κ3) is 6.22. The van der Waals surface area contributed by atoms with E-state index in [1.54, 1.807) is 4.90 Å². The minimum Gasteiger partial charge on any atom is -0.444 e. The summed E-state index contributed by atoms with van der Waals surface area (Å²) in [7, 11) is -1.09. The van der Waals surface area contributed by atoms with E-state index in [-0.39, 0.29) is 6.09 Å². The van der Waals surface area contributed by atoms with Crippen molar-refractivity contribution in [3.63, 3.8) is 0 Å². The Hall–Kier alpha value is -2.06. The van der Waals surface area contributed by atoms with Gasteiger partial charge in [0.25, 0.3) is 0 Å². The molecule has 30 heavy (non-hydrogen) atoms. The largest absolute Gasteiger partial charge is 0.444 e. The number of nitrogens with zero attached hydrogens (tertiary/aromatic N) is 4. The molecule has 2 heterocycles. The smallest absolute Gasteiger partial charge is 0.410 e. The summed E-state index contributed by atoms with van der Waals surface area (Å²) in [6.45, 7) is 17.0. The molecule has 1 aliphatic heterocycles. The van der Waals surface area contributed by atoms with Crippen molar-refractivity contribution in [2.45, 2.75) is 58.8 Å². The zero-order valence-corrected chi connectivity index (χ0v) is 20.3. The first-order valence-electron chi connectivity index (χ1n) is 10.8. The summed E-state index contributed by atoms with van der Waals surface area (Å²) in [6, 6.07) is 7.50. The lowest BCUT2D eigenvalue weighted by Crippen LogP contribution is -2.50. The van der Waals surface area contributed by atoms with Gasteiger partial charge in [-0.15, -0.1) is 0 Å². The van der Waals surface area contributed by atoms with Gasteiger partial charge in [0.2, 0.25) is 0 Å². The fraction of sp³-hybridized carbons (Fsp3) is 0.636. The first kappa shape index (κ1) is 22.6. The molecule has 166 valence electrons. The predicted molar refractivity (Wildman–Crippen MR) is 124 cm³/mol. The van der Waals surface area contributed by atoms with Crippen molar-refractivity contribution in [3.8, 4) is 0 Å². The molecule has 0 N–H and O–H groups in total. The molecule has 0 unspecified atom stereocenters. The molecular formula is C22H36N4O3Si. The molecule has 1 aromatic heterocycles. The van der Waals surface area contributed by atoms with Crippen LogP contribution in [0.15, 0.2) is 24.5 Å². The predicted octanol–water partition coefficient (Wildman–Crippen LogP) is 4.41. The Morgan fingerprint density at radius 2 is 1.83 bits per heavy atom. The number of benzene rings is 1. The molecule has 0 bridgehead atoms. The van der Waals surface area contributed by atoms with Crippen molar-refractivity contribution in [2.24, 2.45) is 0 Å². The van der Waals surface area contributed by atoms with Crippen LogP contribution < -0.4 is 4.90 Å². The summed E-state index contributed by atoms with van der Waals surface area (Å²) < 4.78 is 13.5. The maximum atomic E-state index is 12.3. The lowest BCUT2D eigenvalue weighted by Gasteiger charge is -2.36. The molecular weight excluding hydrogens is 396 g/mol. The Labute approximate surface area is 181 Å². The number of aromatic nitrogens is 2. The van der Waals surface area contributed by atoms with Gasteiger partial charge in [0.05, 0.1) is 17.4 Å². The summed E-state index contributed by atoms with van der Waals surface area (Å²) in [5.41, 5.74) is 2.74. The molecule has 1 aliphatic rings. The molecule has 1 fully saturated rings. The molecule has 0 aliphatic carbocycles. The number of hydrogen-bond acceptors (Lipinski definition) is 5. The Bertz CT molecular complexity index is 861. The van der Waals surface area contributed by atoms with E-state index in [1.807, 2.05) is 27.1 Å². The highest BCUT2D eigenvalue weighted by Crippen LogP contribution is 2.23. The van der Waals surface area contributed by atoms with Crippen molar-refractivity contribution in [1.29, 1.82) is 0 Å². The zero-order valence-electron chi connectivity index (χ0n) is 19.3. The van der Waals surface area contributed by atoms with Gasteiger partial charge in [0.1, 0.15) is 12.3 Å². The number of piperazine rings is 1. The number of rotatable bonds is 6. The van der Waals surface area contributed by atoms with Gasteiger partial charge in [-0.05, 0) is 45.0 Å². The third-order valence-corrected chi connectivity index (χ3v) is 6.83. The van der Waals surface area contributed by atoms with Crippen LogP contribution in [-0.2, 0) is 16.2 Å². The molecule has 0 spiro atoms. The van der Waals surface area contributed by atoms with Gasteiger partial charge >= 0.3 is 6.09 Å². The summed E-state index contributed by atoms with van der Waals surface area (Å²) in [4.78, 5) is 20.9. The average Bonchev–Trinajstić information content (AvgIpc) is 3.05. The Morgan fingerprint density at radius 3 is 2.47 bits per heavy atom. The van der Waals surface area contributed by atoms with Crippen LogP contribution in [0.2, 0.25) is 25.7 Å². The van der Waals surface area contributed by atoms with Crippen LogP contribution in [0, 0.1) is 0 Å². The van der Waals surface area contributed by atoms with Crippen LogP contribution in [0.4, 0.5) is 10.5 Å². The molecule has 2 aromatic rings. The number of fused-ring (bicyclic) bond motifs is 1. The minimum absolute atomic E-state index is 0.230. The summed E-state index contributed by atoms with van der Waals surface area (Å²) in [6.07, 6.45) is 1.62. The van der Waals surface area contributed by atoms with Gasteiger partial charge in [0.15, 0.2) is 0 Å². The molecule has 0 radical (unpaired) electrons. The van der Waals surface area contributed by atoms with Crippen LogP contribution >= 0.6 is 0 Å². The van der Waals surface area contributed by atoms with E-state index < -0.39 is 13.7 Å². The molecule has 8 heteroatoms. The maximum absolute atomic E-state index is 12.3. The van der Waals surface area contributed by atoms with E-state index in [0.29, 0.717) is 19.8 Å². The molecule has 0 saturated carbocycles. The summed E-state index contributed by atoms with van der Waals surface area (Å²) >= 11 is 0. The number of hydrogen-bond donors (Lipinski definition) is 0. The number of carbonyl (C=O) groups is 1. The minimum atomic E-state index is -1.09. The van der Waals surface area contributed by atoms with Crippen molar-refractivity contribution in [1.82, 2.24) is 14.5 Å². The van der Waals surface area contributed by atoms with Crippen LogP contribution in [0.5, 0.6) is 0 Å². The lowest BCUT2D eigenvalue weighted by molar-refractivity contribution is 0.0240. The normalized spacial score (nSPS) is 15.7. The quantitative estimate of drug-likeness (QED) is 0.500. The number of carbonyl (C=O) groups excluding carboxylic acids is 1. The number of anilines is 1. The highest BCUT2D eigenvalue weighted by Gasteiger charge is 2.26. The molecule has 1 aromatic carbocycles. The number of ether oxygens (including phenoxy) is 2. The zero-order chi connectivity index (χ0) is 21.9. The molecule has 7 nitrogen and oxygen atoms in total. The fourth-order valence-corrected chi connectivity index (χ4v) is 4.12. The first-order valence-corrected chi connectivity index (χ1v) is 14.5. The Morgan fingerprint density at radius 1 is 1.13 bits per heavy atom. The van der Waals surface area contributed by atoms with E-state index in [2.05, 4.69) is 52.3 Å². The topological polar surface area (TPSA) is 59.8 Å². The van der Waals surface area contributed by atoms with Crippen LogP contribution in [0.1, 0.15) is 20.8 Å². The van der Waals surface area contributed by atoms with Crippen molar-refractivity contribution < 1.29 is 14.3 Å². The SMILES string of the molecule is CC(C)(C)OC(=O)N1CCN(c2ccc3ncn(COCC[Si](C)(C)C)c3c2)CC1. The van der Waals surface area contributed by atoms with Gasteiger partial charge in [-0.25, -0.2) is 9.78 Å². The van der Waals surface area contributed by atoms with Gasteiger partial charge in [-0.3, -0.25) is 0 Å². The number of amides is 1. The standard InChI is InChI=1S/C22H36N4O3Si/c1-22(2,3)29-21(27)25-11-9-24(10-12-25)18-7-8-19-20(15-18)26(16-23-19)17-28-13-14-30(4,5)6/h7-8,15-16H,9-14,17H2,1-6H3. The first-order chi connectivity index (χ1) is 14.0. The second-order valence-electron chi connectivity index (χ2n) is 10.2. The summed E-state index contributed by atoms with van der Waals surface area (Å²) in [5, 5.41) is 0. The second-order valence-corrected chi connectivity index (χ2v) is 15.8. The lowest BCUT2D eigenvalue weighted by atomic mass is 10.2. The summed E-state index contributed by atoms with van der Waals surface area (Å²) in [5.74, 6) is 0. The second kappa shape index (κ2) is 8.97. The van der Waals surface area contributed by atoms with E-state index in [9.17, 15) is 4.79 Å². The van der Waals surface area contributed by atoms with Gasteiger partial charge < -0.3 is 23.8 Å². The molecule has 1 saturated heterocycles. The molecule has 0 atom stereocenters. The maximum Gasteiger partial charge on any atom is 0.410 e. The fourth-order valence-electron chi connectivity index (χ4n) is 3.36. The van der Waals surface area contributed by atoms with E-state index in [0.717, 1.165) is 42.5 Å². The average molecular weight is 433 g/mol. The van der Waals surface area contributed by atoms with Crippen molar-refractivity contribution >= 4 is 30.9 Å². The third-order valence-electron chi connectivity index (χ3n) is 5.13. The highest BCUT2D eigenvalue weighted by molar-refractivity contribution is 6.76. The van der Waals surface area contributed by atoms with E-state index in [1.165, 1.54) is 0 Å².